The Kier molecular flexibility index (Phi) is 5.80. The average Bonchev–Trinajstić information content (AvgIpc) is 2.89. The molecule has 0 atom stereocenters. The second-order valence-corrected chi connectivity index (χ2v) is 8.09. The van der Waals surface area contributed by atoms with Crippen molar-refractivity contribution >= 4 is 43.0 Å². The lowest BCUT2D eigenvalue weighted by molar-refractivity contribution is 0.581. The Morgan fingerprint density at radius 1 is 1.19 bits per heavy atom. The fourth-order valence-corrected chi connectivity index (χ4v) is 4.27. The molecule has 2 aromatic rings. The maximum absolute atomic E-state index is 12.0. The quantitative estimate of drug-likeness (QED) is 0.757. The molecule has 114 valence electrons. The number of hydrogen-bond acceptors (Lipinski definition) is 4. The molecule has 7 heteroatoms. The highest BCUT2D eigenvalue weighted by Crippen LogP contribution is 2.24. The van der Waals surface area contributed by atoms with Gasteiger partial charge in [0.25, 0.3) is 0 Å². The van der Waals surface area contributed by atoms with Crippen LogP contribution in [0.25, 0.3) is 0 Å². The third-order valence-electron chi connectivity index (χ3n) is 2.85. The molecule has 1 aromatic heterocycles. The minimum Gasteiger partial charge on any atom is -0.380 e. The van der Waals surface area contributed by atoms with Crippen LogP contribution in [-0.4, -0.2) is 15.0 Å². The first-order valence-corrected chi connectivity index (χ1v) is 9.74. The number of anilines is 1. The molecule has 0 unspecified atom stereocenters. The van der Waals surface area contributed by atoms with Crippen LogP contribution in [0.1, 0.15) is 18.2 Å². The second-order valence-electron chi connectivity index (χ2n) is 4.47. The van der Waals surface area contributed by atoms with Gasteiger partial charge in [0.2, 0.25) is 10.0 Å². The van der Waals surface area contributed by atoms with Gasteiger partial charge in [-0.1, -0.05) is 6.92 Å². The molecule has 0 bridgehead atoms. The van der Waals surface area contributed by atoms with Crippen LogP contribution >= 0.6 is 27.3 Å². The van der Waals surface area contributed by atoms with Crippen LogP contribution in [-0.2, 0) is 16.6 Å². The zero-order chi connectivity index (χ0) is 15.3. The summed E-state index contributed by atoms with van der Waals surface area (Å²) in [4.78, 5) is 1.50. The van der Waals surface area contributed by atoms with Crippen molar-refractivity contribution in [2.24, 2.45) is 0 Å². The Morgan fingerprint density at radius 2 is 1.90 bits per heavy atom. The molecule has 0 aliphatic carbocycles. The Hall–Kier alpha value is -0.890. The summed E-state index contributed by atoms with van der Waals surface area (Å²) in [5.74, 6) is 0. The Labute approximate surface area is 137 Å². The van der Waals surface area contributed by atoms with Gasteiger partial charge in [-0.25, -0.2) is 13.1 Å². The third-order valence-corrected chi connectivity index (χ3v) is 6.25. The first-order valence-electron chi connectivity index (χ1n) is 6.58. The van der Waals surface area contributed by atoms with Gasteiger partial charge in [0.15, 0.2) is 0 Å². The summed E-state index contributed by atoms with van der Waals surface area (Å²) in [6.07, 6.45) is 0.772. The highest BCUT2D eigenvalue weighted by atomic mass is 79.9. The molecule has 21 heavy (non-hydrogen) atoms. The largest absolute Gasteiger partial charge is 0.380 e. The predicted molar refractivity (Wildman–Crippen MR) is 91.3 cm³/mol. The molecule has 0 saturated heterocycles. The van der Waals surface area contributed by atoms with E-state index < -0.39 is 10.0 Å². The maximum atomic E-state index is 12.0. The molecular formula is C14H17BrN2O2S2. The lowest BCUT2D eigenvalue weighted by Crippen LogP contribution is -2.24. The van der Waals surface area contributed by atoms with Crippen molar-refractivity contribution in [3.8, 4) is 0 Å². The lowest BCUT2D eigenvalue weighted by Gasteiger charge is -2.08. The number of benzene rings is 1. The van der Waals surface area contributed by atoms with Crippen molar-refractivity contribution in [2.45, 2.75) is 24.8 Å². The Bertz CT molecular complexity index is 681. The van der Waals surface area contributed by atoms with Crippen LogP contribution < -0.4 is 10.0 Å². The zero-order valence-corrected chi connectivity index (χ0v) is 14.8. The van der Waals surface area contributed by atoms with E-state index in [9.17, 15) is 8.42 Å². The van der Waals surface area contributed by atoms with E-state index in [1.807, 2.05) is 18.4 Å². The molecule has 0 aliphatic rings. The second kappa shape index (κ2) is 7.40. The summed E-state index contributed by atoms with van der Waals surface area (Å²) in [5, 5.41) is 5.30. The normalized spacial score (nSPS) is 11.5. The number of thiophene rings is 1. The summed E-state index contributed by atoms with van der Waals surface area (Å²) in [6, 6.07) is 8.80. The monoisotopic (exact) mass is 388 g/mol. The van der Waals surface area contributed by atoms with E-state index in [1.165, 1.54) is 4.88 Å². The van der Waals surface area contributed by atoms with Crippen LogP contribution in [0.15, 0.2) is 45.1 Å². The average molecular weight is 389 g/mol. The SMILES string of the molecule is CCCNS(=O)(=O)c1ccc(NCc2sccc2Br)cc1. The van der Waals surface area contributed by atoms with Crippen molar-refractivity contribution in [3.05, 3.63) is 45.1 Å². The van der Waals surface area contributed by atoms with Gasteiger partial charge >= 0.3 is 0 Å². The van der Waals surface area contributed by atoms with E-state index in [1.54, 1.807) is 35.6 Å². The molecule has 0 spiro atoms. The lowest BCUT2D eigenvalue weighted by atomic mass is 10.3. The van der Waals surface area contributed by atoms with Gasteiger partial charge in [0.1, 0.15) is 0 Å². The molecule has 4 nitrogen and oxygen atoms in total. The van der Waals surface area contributed by atoms with E-state index in [0.717, 1.165) is 16.6 Å². The fraction of sp³-hybridized carbons (Fsp3) is 0.286. The molecule has 0 aliphatic heterocycles. The number of rotatable bonds is 7. The first kappa shape index (κ1) is 16.5. The van der Waals surface area contributed by atoms with Crippen molar-refractivity contribution in [2.75, 3.05) is 11.9 Å². The smallest absolute Gasteiger partial charge is 0.240 e. The molecule has 0 fully saturated rings. The first-order chi connectivity index (χ1) is 10.0. The molecule has 2 rings (SSSR count). The van der Waals surface area contributed by atoms with Crippen LogP contribution in [0.5, 0.6) is 0 Å². The van der Waals surface area contributed by atoms with Crippen molar-refractivity contribution in [1.82, 2.24) is 4.72 Å². The fourth-order valence-electron chi connectivity index (χ4n) is 1.71. The Balaban J connectivity index is 2.00. The topological polar surface area (TPSA) is 58.2 Å². The Morgan fingerprint density at radius 3 is 2.48 bits per heavy atom. The number of nitrogens with one attached hydrogen (secondary N) is 2. The summed E-state index contributed by atoms with van der Waals surface area (Å²) in [6.45, 7) is 3.09. The van der Waals surface area contributed by atoms with E-state index >= 15 is 0 Å². The van der Waals surface area contributed by atoms with Gasteiger partial charge in [-0.05, 0) is 58.1 Å². The number of halogens is 1. The van der Waals surface area contributed by atoms with Gasteiger partial charge in [0, 0.05) is 21.6 Å². The van der Waals surface area contributed by atoms with E-state index in [4.69, 9.17) is 0 Å². The van der Waals surface area contributed by atoms with Crippen molar-refractivity contribution in [1.29, 1.82) is 0 Å². The summed E-state index contributed by atoms with van der Waals surface area (Å²) < 4.78 is 27.6. The van der Waals surface area contributed by atoms with E-state index in [2.05, 4.69) is 26.0 Å². The van der Waals surface area contributed by atoms with Crippen LogP contribution in [0.2, 0.25) is 0 Å². The highest BCUT2D eigenvalue weighted by molar-refractivity contribution is 9.10. The molecule has 2 N–H and O–H groups in total. The standard InChI is InChI=1S/C14H17BrN2O2S2/c1-2-8-17-21(18,19)12-5-3-11(4-6-12)16-10-14-13(15)7-9-20-14/h3-7,9,16-17H,2,8,10H2,1H3. The zero-order valence-electron chi connectivity index (χ0n) is 11.6. The van der Waals surface area contributed by atoms with Gasteiger partial charge in [-0.2, -0.15) is 0 Å². The molecule has 0 saturated carbocycles. The van der Waals surface area contributed by atoms with Gasteiger partial charge in [-0.3, -0.25) is 0 Å². The summed E-state index contributed by atoms with van der Waals surface area (Å²) in [7, 11) is -3.39. The summed E-state index contributed by atoms with van der Waals surface area (Å²) >= 11 is 5.15. The number of sulfonamides is 1. The number of hydrogen-bond donors (Lipinski definition) is 2. The van der Waals surface area contributed by atoms with Crippen LogP contribution in [0, 0.1) is 0 Å². The third kappa shape index (κ3) is 4.54. The van der Waals surface area contributed by atoms with Gasteiger partial charge < -0.3 is 5.32 Å². The van der Waals surface area contributed by atoms with E-state index in [0.29, 0.717) is 18.0 Å². The van der Waals surface area contributed by atoms with Gasteiger partial charge in [-0.15, -0.1) is 11.3 Å². The maximum Gasteiger partial charge on any atom is 0.240 e. The molecule has 1 aromatic carbocycles. The van der Waals surface area contributed by atoms with Crippen LogP contribution in [0.3, 0.4) is 0 Å². The van der Waals surface area contributed by atoms with Gasteiger partial charge in [0.05, 0.1) is 11.4 Å². The summed E-state index contributed by atoms with van der Waals surface area (Å²) in [5.41, 5.74) is 0.893. The molecule has 1 heterocycles. The minimum absolute atomic E-state index is 0.291. The van der Waals surface area contributed by atoms with Crippen molar-refractivity contribution in [3.63, 3.8) is 0 Å². The molecular weight excluding hydrogens is 372 g/mol. The molecule has 0 amide bonds. The van der Waals surface area contributed by atoms with Crippen LogP contribution in [0.4, 0.5) is 5.69 Å². The highest BCUT2D eigenvalue weighted by Gasteiger charge is 2.12. The predicted octanol–water partition coefficient (Wildman–Crippen LogP) is 3.81. The van der Waals surface area contributed by atoms with Crippen molar-refractivity contribution < 1.29 is 8.42 Å². The van der Waals surface area contributed by atoms with E-state index in [-0.39, 0.29) is 0 Å². The minimum atomic E-state index is -3.39. The molecule has 0 radical (unpaired) electrons.